The number of fused-ring (bicyclic) bond motifs is 1. The van der Waals surface area contributed by atoms with E-state index in [1.807, 2.05) is 4.90 Å². The highest BCUT2D eigenvalue weighted by molar-refractivity contribution is 5.74. The van der Waals surface area contributed by atoms with Crippen LogP contribution in [0.15, 0.2) is 40.1 Å². The second-order valence-electron chi connectivity index (χ2n) is 5.87. The third kappa shape index (κ3) is 2.55. The molecule has 1 aliphatic rings. The van der Waals surface area contributed by atoms with Gasteiger partial charge < -0.3 is 9.64 Å². The lowest BCUT2D eigenvalue weighted by atomic mass is 10.3. The summed E-state index contributed by atoms with van der Waals surface area (Å²) in [5, 5.41) is 0.258. The summed E-state index contributed by atoms with van der Waals surface area (Å²) in [4.78, 5) is 38.8. The van der Waals surface area contributed by atoms with E-state index in [4.69, 9.17) is 4.74 Å². The number of hydrogen-bond acceptors (Lipinski definition) is 6. The van der Waals surface area contributed by atoms with Crippen LogP contribution >= 0.6 is 0 Å². The highest BCUT2D eigenvalue weighted by Gasteiger charge is 2.18. The molecule has 1 saturated heterocycles. The van der Waals surface area contributed by atoms with Gasteiger partial charge in [0.2, 0.25) is 5.95 Å². The lowest BCUT2D eigenvalue weighted by Crippen LogP contribution is -2.34. The van der Waals surface area contributed by atoms with Gasteiger partial charge >= 0.3 is 5.69 Å². The highest BCUT2D eigenvalue weighted by atomic mass is 16.5. The van der Waals surface area contributed by atoms with Gasteiger partial charge in [-0.25, -0.2) is 14.3 Å². The number of nitrogens with one attached hydrogen (secondary N) is 1. The molecule has 2 aromatic heterocycles. The van der Waals surface area contributed by atoms with Crippen LogP contribution in [0.5, 0.6) is 5.75 Å². The van der Waals surface area contributed by atoms with Crippen LogP contribution < -0.4 is 20.9 Å². The topological polar surface area (TPSA) is 93.1 Å². The Morgan fingerprint density at radius 3 is 2.68 bits per heavy atom. The second-order valence-corrected chi connectivity index (χ2v) is 5.87. The van der Waals surface area contributed by atoms with Gasteiger partial charge in [-0.2, -0.15) is 4.98 Å². The molecule has 8 heteroatoms. The van der Waals surface area contributed by atoms with E-state index in [1.54, 1.807) is 24.3 Å². The Bertz CT molecular complexity index is 1050. The van der Waals surface area contributed by atoms with Crippen molar-refractivity contribution in [1.82, 2.24) is 19.5 Å². The van der Waals surface area contributed by atoms with Crippen LogP contribution in [0.25, 0.3) is 16.7 Å². The van der Waals surface area contributed by atoms with Crippen molar-refractivity contribution in [3.8, 4) is 11.4 Å². The Morgan fingerprint density at radius 1 is 1.16 bits per heavy atom. The second kappa shape index (κ2) is 6.04. The molecule has 8 nitrogen and oxygen atoms in total. The zero-order chi connectivity index (χ0) is 17.4. The molecule has 0 atom stereocenters. The summed E-state index contributed by atoms with van der Waals surface area (Å²) in [5.74, 6) is 0.971. The van der Waals surface area contributed by atoms with E-state index < -0.39 is 11.2 Å². The third-order valence-corrected chi connectivity index (χ3v) is 4.35. The normalized spacial score (nSPS) is 14.2. The first-order valence-electron chi connectivity index (χ1n) is 8.09. The SMILES string of the molecule is COc1ccccc1-n1c(=O)[nH]c2nc(N3CCCC3)ncc2c1=O. The third-order valence-electron chi connectivity index (χ3n) is 4.35. The molecule has 0 amide bonds. The molecule has 1 fully saturated rings. The molecule has 0 saturated carbocycles. The molecule has 1 aromatic carbocycles. The van der Waals surface area contributed by atoms with Crippen molar-refractivity contribution < 1.29 is 4.74 Å². The molecule has 3 heterocycles. The van der Waals surface area contributed by atoms with Crippen LogP contribution in [0.1, 0.15) is 12.8 Å². The van der Waals surface area contributed by atoms with E-state index >= 15 is 0 Å². The fraction of sp³-hybridized carbons (Fsp3) is 0.294. The number of aromatic amines is 1. The van der Waals surface area contributed by atoms with Crippen LogP contribution in [-0.2, 0) is 0 Å². The maximum atomic E-state index is 12.8. The molecule has 0 aliphatic carbocycles. The van der Waals surface area contributed by atoms with Crippen molar-refractivity contribution in [3.05, 3.63) is 51.3 Å². The van der Waals surface area contributed by atoms with Crippen LogP contribution in [-0.4, -0.2) is 39.7 Å². The van der Waals surface area contributed by atoms with Gasteiger partial charge in [-0.3, -0.25) is 9.78 Å². The van der Waals surface area contributed by atoms with Gasteiger partial charge in [-0.15, -0.1) is 0 Å². The number of methoxy groups -OCH3 is 1. The van der Waals surface area contributed by atoms with E-state index in [0.29, 0.717) is 17.4 Å². The minimum absolute atomic E-state index is 0.248. The van der Waals surface area contributed by atoms with Crippen LogP contribution in [0.3, 0.4) is 0 Å². The minimum Gasteiger partial charge on any atom is -0.495 e. The predicted molar refractivity (Wildman–Crippen MR) is 93.8 cm³/mol. The van der Waals surface area contributed by atoms with Gasteiger partial charge in [0.1, 0.15) is 11.1 Å². The monoisotopic (exact) mass is 339 g/mol. The lowest BCUT2D eigenvalue weighted by Gasteiger charge is -2.15. The van der Waals surface area contributed by atoms with Crippen molar-refractivity contribution in [2.45, 2.75) is 12.8 Å². The first kappa shape index (κ1) is 15.4. The molecule has 0 unspecified atom stereocenters. The summed E-state index contributed by atoms with van der Waals surface area (Å²) in [7, 11) is 1.49. The Morgan fingerprint density at radius 2 is 1.92 bits per heavy atom. The zero-order valence-corrected chi connectivity index (χ0v) is 13.7. The Labute approximate surface area is 142 Å². The molecule has 25 heavy (non-hydrogen) atoms. The number of rotatable bonds is 3. The summed E-state index contributed by atoms with van der Waals surface area (Å²) in [6.07, 6.45) is 3.65. The van der Waals surface area contributed by atoms with Crippen molar-refractivity contribution in [1.29, 1.82) is 0 Å². The molecule has 0 spiro atoms. The van der Waals surface area contributed by atoms with Crippen LogP contribution in [0.2, 0.25) is 0 Å². The average Bonchev–Trinajstić information content (AvgIpc) is 3.16. The molecule has 1 aliphatic heterocycles. The van der Waals surface area contributed by atoms with Gasteiger partial charge in [0.15, 0.2) is 5.65 Å². The Kier molecular flexibility index (Phi) is 3.72. The number of nitrogens with zero attached hydrogens (tertiary/aromatic N) is 4. The van der Waals surface area contributed by atoms with E-state index in [0.717, 1.165) is 30.5 Å². The summed E-state index contributed by atoms with van der Waals surface area (Å²) in [5.41, 5.74) is -0.413. The Hall–Kier alpha value is -3.16. The van der Waals surface area contributed by atoms with Gasteiger partial charge in [0, 0.05) is 19.3 Å². The van der Waals surface area contributed by atoms with Gasteiger partial charge in [-0.05, 0) is 25.0 Å². The van der Waals surface area contributed by atoms with Crippen molar-refractivity contribution in [2.24, 2.45) is 0 Å². The largest absolute Gasteiger partial charge is 0.495 e. The number of hydrogen-bond donors (Lipinski definition) is 1. The number of para-hydroxylation sites is 2. The zero-order valence-electron chi connectivity index (χ0n) is 13.7. The number of benzene rings is 1. The first-order chi connectivity index (χ1) is 12.2. The summed E-state index contributed by atoms with van der Waals surface area (Å²) < 4.78 is 6.30. The average molecular weight is 339 g/mol. The van der Waals surface area contributed by atoms with E-state index in [2.05, 4.69) is 15.0 Å². The first-order valence-corrected chi connectivity index (χ1v) is 8.09. The summed E-state index contributed by atoms with van der Waals surface area (Å²) >= 11 is 0. The molecule has 1 N–H and O–H groups in total. The quantitative estimate of drug-likeness (QED) is 0.767. The van der Waals surface area contributed by atoms with E-state index in [1.165, 1.54) is 13.3 Å². The molecule has 0 bridgehead atoms. The number of aromatic nitrogens is 4. The van der Waals surface area contributed by atoms with E-state index in [-0.39, 0.29) is 11.0 Å². The fourth-order valence-corrected chi connectivity index (χ4v) is 3.10. The fourth-order valence-electron chi connectivity index (χ4n) is 3.10. The predicted octanol–water partition coefficient (Wildman–Crippen LogP) is 1.08. The number of ether oxygens (including phenoxy) is 1. The summed E-state index contributed by atoms with van der Waals surface area (Å²) in [6, 6.07) is 6.86. The highest BCUT2D eigenvalue weighted by Crippen LogP contribution is 2.20. The van der Waals surface area contributed by atoms with Crippen molar-refractivity contribution in [2.75, 3.05) is 25.1 Å². The smallest absolute Gasteiger partial charge is 0.334 e. The van der Waals surface area contributed by atoms with Gasteiger partial charge in [-0.1, -0.05) is 12.1 Å². The molecular weight excluding hydrogens is 322 g/mol. The summed E-state index contributed by atoms with van der Waals surface area (Å²) in [6.45, 7) is 1.77. The van der Waals surface area contributed by atoms with Crippen LogP contribution in [0.4, 0.5) is 5.95 Å². The maximum absolute atomic E-state index is 12.8. The van der Waals surface area contributed by atoms with Crippen molar-refractivity contribution >= 4 is 17.0 Å². The number of anilines is 1. The van der Waals surface area contributed by atoms with Gasteiger partial charge in [0.25, 0.3) is 5.56 Å². The van der Waals surface area contributed by atoms with Gasteiger partial charge in [0.05, 0.1) is 12.8 Å². The molecule has 4 rings (SSSR count). The van der Waals surface area contributed by atoms with Crippen molar-refractivity contribution in [3.63, 3.8) is 0 Å². The molecule has 3 aromatic rings. The molecule has 0 radical (unpaired) electrons. The standard InChI is InChI=1S/C17H17N5O3/c1-25-13-7-3-2-6-12(13)22-15(23)11-10-18-16(21-8-4-5-9-21)19-14(11)20-17(22)24/h2-3,6-7,10H,4-5,8-9H2,1H3,(H,18,19,20,24). The maximum Gasteiger partial charge on any atom is 0.334 e. The molecule has 128 valence electrons. The Balaban J connectivity index is 1.92. The van der Waals surface area contributed by atoms with Crippen LogP contribution in [0, 0.1) is 0 Å². The number of H-pyrrole nitrogens is 1. The van der Waals surface area contributed by atoms with E-state index in [9.17, 15) is 9.59 Å². The lowest BCUT2D eigenvalue weighted by molar-refractivity contribution is 0.412. The minimum atomic E-state index is -0.562. The molecular formula is C17H17N5O3.